The molecule has 1 aromatic carbocycles. The van der Waals surface area contributed by atoms with E-state index in [1.54, 1.807) is 6.92 Å². The average molecular weight is 295 g/mol. The molecular formula is C13H13NO7. The van der Waals surface area contributed by atoms with E-state index in [4.69, 9.17) is 9.47 Å². The van der Waals surface area contributed by atoms with Crippen molar-refractivity contribution in [1.82, 2.24) is 0 Å². The van der Waals surface area contributed by atoms with Crippen LogP contribution in [0.3, 0.4) is 0 Å². The molecule has 0 radical (unpaired) electrons. The first-order valence-corrected chi connectivity index (χ1v) is 5.85. The minimum absolute atomic E-state index is 0.0977. The molecule has 21 heavy (non-hydrogen) atoms. The zero-order valence-corrected chi connectivity index (χ0v) is 11.2. The Hall–Kier alpha value is -2.90. The Bertz CT molecular complexity index is 538. The predicted octanol–water partition coefficient (Wildman–Crippen LogP) is 1.59. The van der Waals surface area contributed by atoms with Crippen LogP contribution in [0.25, 0.3) is 0 Å². The van der Waals surface area contributed by atoms with Gasteiger partial charge in [-0.25, -0.2) is 4.79 Å². The quantitative estimate of drug-likeness (QED) is 0.179. The van der Waals surface area contributed by atoms with E-state index in [-0.39, 0.29) is 30.1 Å². The molecule has 0 bridgehead atoms. The van der Waals surface area contributed by atoms with Crippen LogP contribution in [0.1, 0.15) is 6.92 Å². The lowest BCUT2D eigenvalue weighted by molar-refractivity contribution is -0.384. The summed E-state index contributed by atoms with van der Waals surface area (Å²) >= 11 is 0. The maximum atomic E-state index is 11.5. The van der Waals surface area contributed by atoms with Gasteiger partial charge < -0.3 is 14.2 Å². The van der Waals surface area contributed by atoms with E-state index in [0.29, 0.717) is 0 Å². The molecule has 0 N–H and O–H groups in total. The summed E-state index contributed by atoms with van der Waals surface area (Å²) < 4.78 is 14.6. The van der Waals surface area contributed by atoms with Crippen LogP contribution in [0, 0.1) is 10.1 Å². The fourth-order valence-electron chi connectivity index (χ4n) is 1.32. The van der Waals surface area contributed by atoms with E-state index in [2.05, 4.69) is 11.3 Å². The van der Waals surface area contributed by atoms with Crippen molar-refractivity contribution in [3.63, 3.8) is 0 Å². The van der Waals surface area contributed by atoms with Crippen LogP contribution in [0.4, 0.5) is 5.69 Å². The molecule has 0 saturated heterocycles. The summed E-state index contributed by atoms with van der Waals surface area (Å²) in [5.41, 5.74) is -0.332. The molecule has 0 aliphatic carbocycles. The van der Waals surface area contributed by atoms with Crippen LogP contribution >= 0.6 is 0 Å². The second-order valence-corrected chi connectivity index (χ2v) is 3.68. The number of non-ortho nitro benzene ring substituents is 1. The lowest BCUT2D eigenvalue weighted by Crippen LogP contribution is -2.27. The number of esters is 1. The molecule has 1 rings (SSSR count). The van der Waals surface area contributed by atoms with Crippen LogP contribution in [0.15, 0.2) is 36.4 Å². The fraction of sp³-hybridized carbons (Fsp3) is 0.231. The van der Waals surface area contributed by atoms with E-state index in [1.807, 2.05) is 0 Å². The highest BCUT2D eigenvalue weighted by molar-refractivity contribution is 5.88. The summed E-state index contributed by atoms with van der Waals surface area (Å²) in [6.07, 6.45) is -1.37. The van der Waals surface area contributed by atoms with Gasteiger partial charge in [-0.1, -0.05) is 6.58 Å². The largest absolute Gasteiger partial charge is 0.462 e. The van der Waals surface area contributed by atoms with Crippen LogP contribution < -0.4 is 4.74 Å². The van der Waals surface area contributed by atoms with E-state index >= 15 is 0 Å². The lowest BCUT2D eigenvalue weighted by atomic mass is 10.3. The summed E-state index contributed by atoms with van der Waals surface area (Å²) in [5, 5.41) is 10.5. The molecule has 0 aliphatic heterocycles. The number of hydrogen-bond acceptors (Lipinski definition) is 7. The number of nitrogens with zero attached hydrogens (tertiary/aromatic N) is 1. The van der Waals surface area contributed by atoms with Crippen LogP contribution in [0.2, 0.25) is 0 Å². The maximum absolute atomic E-state index is 11.5. The number of nitro groups is 1. The maximum Gasteiger partial charge on any atom is 0.341 e. The Morgan fingerprint density at radius 1 is 1.43 bits per heavy atom. The van der Waals surface area contributed by atoms with Crippen LogP contribution in [0.5, 0.6) is 5.75 Å². The van der Waals surface area contributed by atoms with Gasteiger partial charge in [-0.3, -0.25) is 14.9 Å². The molecule has 112 valence electrons. The van der Waals surface area contributed by atoms with Gasteiger partial charge in [0.05, 0.1) is 11.5 Å². The second-order valence-electron chi connectivity index (χ2n) is 3.68. The normalized spacial score (nSPS) is 11.1. The highest BCUT2D eigenvalue weighted by atomic mass is 16.7. The topological polar surface area (TPSA) is 105 Å². The van der Waals surface area contributed by atoms with E-state index in [9.17, 15) is 19.7 Å². The third-order valence-electron chi connectivity index (χ3n) is 2.29. The molecule has 0 amide bonds. The lowest BCUT2D eigenvalue weighted by Gasteiger charge is -2.18. The molecule has 1 unspecified atom stereocenters. The van der Waals surface area contributed by atoms with Crippen molar-refractivity contribution in [3.8, 4) is 5.75 Å². The van der Waals surface area contributed by atoms with Gasteiger partial charge in [-0.15, -0.1) is 0 Å². The number of ether oxygens (including phenoxy) is 3. The molecule has 0 fully saturated rings. The summed E-state index contributed by atoms with van der Waals surface area (Å²) in [7, 11) is 0. The summed E-state index contributed by atoms with van der Waals surface area (Å²) in [5.74, 6) is -0.607. The van der Waals surface area contributed by atoms with E-state index in [0.717, 1.165) is 0 Å². The zero-order chi connectivity index (χ0) is 15.8. The molecule has 8 heteroatoms. The Labute approximate surface area is 120 Å². The molecule has 0 spiro atoms. The Kier molecular flexibility index (Phi) is 5.87. The minimum atomic E-state index is -1.37. The Morgan fingerprint density at radius 3 is 2.52 bits per heavy atom. The molecule has 0 saturated carbocycles. The van der Waals surface area contributed by atoms with Crippen molar-refractivity contribution in [2.75, 3.05) is 6.61 Å². The molecule has 1 atom stereocenters. The van der Waals surface area contributed by atoms with Crippen LogP contribution in [-0.2, 0) is 19.1 Å². The minimum Gasteiger partial charge on any atom is -0.462 e. The van der Waals surface area contributed by atoms with E-state index in [1.165, 1.54) is 24.3 Å². The molecular weight excluding hydrogens is 282 g/mol. The van der Waals surface area contributed by atoms with Crippen molar-refractivity contribution in [1.29, 1.82) is 0 Å². The van der Waals surface area contributed by atoms with Crippen molar-refractivity contribution in [3.05, 3.63) is 46.5 Å². The van der Waals surface area contributed by atoms with Gasteiger partial charge in [0.1, 0.15) is 11.3 Å². The van der Waals surface area contributed by atoms with Gasteiger partial charge in [0.25, 0.3) is 18.4 Å². The summed E-state index contributed by atoms with van der Waals surface area (Å²) in [6, 6.07) is 5.02. The summed E-state index contributed by atoms with van der Waals surface area (Å²) in [6.45, 7) is 5.28. The third kappa shape index (κ3) is 4.60. The predicted molar refractivity (Wildman–Crippen MR) is 70.4 cm³/mol. The van der Waals surface area contributed by atoms with Crippen molar-refractivity contribution in [2.45, 2.75) is 13.2 Å². The molecule has 1 aromatic rings. The standard InChI is InChI=1S/C13H13NO7/c1-3-19-12(16)9(2)13(20-8-15)21-11-6-4-10(5-7-11)14(17)18/h4-8,13H,2-3H2,1H3. The number of carbonyl (C=O) groups is 2. The first-order valence-electron chi connectivity index (χ1n) is 5.85. The van der Waals surface area contributed by atoms with Crippen LogP contribution in [-0.4, -0.2) is 30.3 Å². The Balaban J connectivity index is 2.82. The average Bonchev–Trinajstić information content (AvgIpc) is 2.46. The SMILES string of the molecule is C=C(C(=O)OCC)C(OC=O)Oc1ccc([N+](=O)[O-])cc1. The first-order chi connectivity index (χ1) is 9.99. The summed E-state index contributed by atoms with van der Waals surface area (Å²) in [4.78, 5) is 31.9. The van der Waals surface area contributed by atoms with Gasteiger partial charge >= 0.3 is 5.97 Å². The second kappa shape index (κ2) is 7.63. The van der Waals surface area contributed by atoms with Gasteiger partial charge in [-0.05, 0) is 19.1 Å². The molecule has 8 nitrogen and oxygen atoms in total. The number of nitro benzene ring substituents is 1. The number of benzene rings is 1. The molecule has 0 heterocycles. The van der Waals surface area contributed by atoms with Crippen molar-refractivity contribution >= 4 is 18.1 Å². The zero-order valence-electron chi connectivity index (χ0n) is 11.2. The molecule has 0 aromatic heterocycles. The van der Waals surface area contributed by atoms with Crippen molar-refractivity contribution < 1.29 is 28.7 Å². The highest BCUT2D eigenvalue weighted by Crippen LogP contribution is 2.20. The first kappa shape index (κ1) is 16.2. The monoisotopic (exact) mass is 295 g/mol. The molecule has 0 aliphatic rings. The Morgan fingerprint density at radius 2 is 2.05 bits per heavy atom. The number of hydrogen-bond donors (Lipinski definition) is 0. The van der Waals surface area contributed by atoms with Gasteiger partial charge in [0, 0.05) is 12.1 Å². The fourth-order valence-corrected chi connectivity index (χ4v) is 1.32. The van der Waals surface area contributed by atoms with Gasteiger partial charge in [-0.2, -0.15) is 0 Å². The van der Waals surface area contributed by atoms with E-state index < -0.39 is 17.2 Å². The van der Waals surface area contributed by atoms with Gasteiger partial charge in [0.2, 0.25) is 0 Å². The number of carbonyl (C=O) groups excluding carboxylic acids is 2. The number of rotatable bonds is 8. The highest BCUT2D eigenvalue weighted by Gasteiger charge is 2.23. The van der Waals surface area contributed by atoms with Gasteiger partial charge in [0.15, 0.2) is 0 Å². The smallest absolute Gasteiger partial charge is 0.341 e. The van der Waals surface area contributed by atoms with Crippen molar-refractivity contribution in [2.24, 2.45) is 0 Å². The third-order valence-corrected chi connectivity index (χ3v) is 2.29.